The zero-order valence-corrected chi connectivity index (χ0v) is 12.9. The van der Waals surface area contributed by atoms with Crippen molar-refractivity contribution in [2.75, 3.05) is 5.32 Å². The summed E-state index contributed by atoms with van der Waals surface area (Å²) in [4.78, 5) is 36.0. The Hall–Kier alpha value is -3.09. The number of para-hydroxylation sites is 1. The molecule has 1 aromatic heterocycles. The molecule has 1 saturated heterocycles. The molecule has 0 saturated carbocycles. The van der Waals surface area contributed by atoms with E-state index in [4.69, 9.17) is 13.9 Å². The molecule has 1 amide bonds. The highest BCUT2D eigenvalue weighted by molar-refractivity contribution is 6.06. The Morgan fingerprint density at radius 1 is 1.21 bits per heavy atom. The third kappa shape index (κ3) is 3.29. The fraction of sp³-hybridized carbons (Fsp3) is 0.235. The van der Waals surface area contributed by atoms with Crippen LogP contribution in [0.25, 0.3) is 0 Å². The number of anilines is 1. The van der Waals surface area contributed by atoms with E-state index in [-0.39, 0.29) is 23.1 Å². The zero-order valence-electron chi connectivity index (χ0n) is 12.9. The summed E-state index contributed by atoms with van der Waals surface area (Å²) < 4.78 is 15.2. The smallest absolute Gasteiger partial charge is 0.347 e. The minimum Gasteiger partial charge on any atom is -0.460 e. The molecule has 124 valence electrons. The molecular formula is C17H15NO6. The molecule has 0 bridgehead atoms. The molecule has 1 aromatic carbocycles. The van der Waals surface area contributed by atoms with E-state index in [1.54, 1.807) is 31.2 Å². The van der Waals surface area contributed by atoms with E-state index < -0.39 is 23.9 Å². The van der Waals surface area contributed by atoms with Crippen LogP contribution in [-0.2, 0) is 14.3 Å². The van der Waals surface area contributed by atoms with E-state index in [9.17, 15) is 14.4 Å². The van der Waals surface area contributed by atoms with E-state index in [0.717, 1.165) is 0 Å². The fourth-order valence-electron chi connectivity index (χ4n) is 2.37. The highest BCUT2D eigenvalue weighted by Crippen LogP contribution is 2.22. The normalized spacial score (nSPS) is 19.6. The van der Waals surface area contributed by atoms with Gasteiger partial charge in [0.05, 0.1) is 17.5 Å². The van der Waals surface area contributed by atoms with E-state index in [1.807, 2.05) is 0 Å². The van der Waals surface area contributed by atoms with Gasteiger partial charge in [-0.3, -0.25) is 4.79 Å². The Morgan fingerprint density at radius 2 is 2.00 bits per heavy atom. The van der Waals surface area contributed by atoms with Gasteiger partial charge in [-0.05, 0) is 31.2 Å². The van der Waals surface area contributed by atoms with Gasteiger partial charge in [0.25, 0.3) is 5.91 Å². The van der Waals surface area contributed by atoms with E-state index in [2.05, 4.69) is 5.32 Å². The van der Waals surface area contributed by atoms with Gasteiger partial charge >= 0.3 is 11.9 Å². The topological polar surface area (TPSA) is 94.8 Å². The molecule has 0 unspecified atom stereocenters. The minimum atomic E-state index is -0.929. The van der Waals surface area contributed by atoms with Crippen LogP contribution in [0.1, 0.15) is 34.3 Å². The van der Waals surface area contributed by atoms with Crippen molar-refractivity contribution < 1.29 is 28.3 Å². The summed E-state index contributed by atoms with van der Waals surface area (Å²) in [6.45, 7) is 1.73. The van der Waals surface area contributed by atoms with Gasteiger partial charge in [-0.25, -0.2) is 9.59 Å². The largest absolute Gasteiger partial charge is 0.460 e. The van der Waals surface area contributed by atoms with E-state index in [0.29, 0.717) is 6.42 Å². The van der Waals surface area contributed by atoms with Gasteiger partial charge in [0, 0.05) is 6.42 Å². The van der Waals surface area contributed by atoms with E-state index >= 15 is 0 Å². The number of esters is 2. The number of benzene rings is 1. The zero-order chi connectivity index (χ0) is 17.1. The van der Waals surface area contributed by atoms with Crippen LogP contribution in [0.3, 0.4) is 0 Å². The van der Waals surface area contributed by atoms with Gasteiger partial charge in [-0.2, -0.15) is 0 Å². The molecule has 0 radical (unpaired) electrons. The molecule has 3 rings (SSSR count). The van der Waals surface area contributed by atoms with Crippen LogP contribution in [0.5, 0.6) is 0 Å². The number of hydrogen-bond donors (Lipinski definition) is 1. The molecule has 0 aliphatic carbocycles. The average Bonchev–Trinajstić information content (AvgIpc) is 3.18. The molecule has 1 fully saturated rings. The van der Waals surface area contributed by atoms with Crippen LogP contribution in [0.15, 0.2) is 47.1 Å². The second-order valence-electron chi connectivity index (χ2n) is 5.35. The SMILES string of the molecule is C[C@@H]1C[C@H](OC(=O)c2ccccc2NC(=O)c2ccco2)C(=O)O1. The molecule has 24 heavy (non-hydrogen) atoms. The molecule has 1 N–H and O–H groups in total. The summed E-state index contributed by atoms with van der Waals surface area (Å²) in [6, 6.07) is 9.46. The maximum absolute atomic E-state index is 12.3. The molecule has 2 heterocycles. The van der Waals surface area contributed by atoms with Crippen molar-refractivity contribution in [3.63, 3.8) is 0 Å². The average molecular weight is 329 g/mol. The van der Waals surface area contributed by atoms with Crippen molar-refractivity contribution in [2.45, 2.75) is 25.6 Å². The number of cyclic esters (lactones) is 1. The Balaban J connectivity index is 1.75. The highest BCUT2D eigenvalue weighted by Gasteiger charge is 2.35. The van der Waals surface area contributed by atoms with Gasteiger partial charge < -0.3 is 19.2 Å². The quantitative estimate of drug-likeness (QED) is 0.866. The maximum Gasteiger partial charge on any atom is 0.347 e. The third-order valence-electron chi connectivity index (χ3n) is 3.52. The van der Waals surface area contributed by atoms with E-state index in [1.165, 1.54) is 18.4 Å². The number of carbonyl (C=O) groups is 3. The molecule has 0 spiro atoms. The van der Waals surface area contributed by atoms with Gasteiger partial charge in [-0.1, -0.05) is 12.1 Å². The first-order valence-electron chi connectivity index (χ1n) is 7.40. The standard InChI is InChI=1S/C17H15NO6/c1-10-9-14(17(21)23-10)24-16(20)11-5-2-3-6-12(11)18-15(19)13-7-4-8-22-13/h2-8,10,14H,9H2,1H3,(H,18,19)/t10-,14+/m1/s1. The number of amides is 1. The number of nitrogens with one attached hydrogen (secondary N) is 1. The van der Waals surface area contributed by atoms with Crippen LogP contribution < -0.4 is 5.32 Å². The second kappa shape index (κ2) is 6.57. The molecule has 7 nitrogen and oxygen atoms in total. The Morgan fingerprint density at radius 3 is 2.67 bits per heavy atom. The lowest BCUT2D eigenvalue weighted by molar-refractivity contribution is -0.147. The number of ether oxygens (including phenoxy) is 2. The summed E-state index contributed by atoms with van der Waals surface area (Å²) >= 11 is 0. The Bertz CT molecular complexity index is 767. The summed E-state index contributed by atoms with van der Waals surface area (Å²) in [5, 5.41) is 2.59. The van der Waals surface area contributed by atoms with Crippen molar-refractivity contribution in [1.82, 2.24) is 0 Å². The second-order valence-corrected chi connectivity index (χ2v) is 5.35. The van der Waals surface area contributed by atoms with Crippen molar-refractivity contribution in [2.24, 2.45) is 0 Å². The first-order chi connectivity index (χ1) is 11.5. The molecule has 2 atom stereocenters. The minimum absolute atomic E-state index is 0.117. The first-order valence-corrected chi connectivity index (χ1v) is 7.40. The predicted octanol–water partition coefficient (Wildman–Crippen LogP) is 2.39. The summed E-state index contributed by atoms with van der Waals surface area (Å²) in [6.07, 6.45) is 0.471. The lowest BCUT2D eigenvalue weighted by Gasteiger charge is -2.12. The Kier molecular flexibility index (Phi) is 4.33. The fourth-order valence-corrected chi connectivity index (χ4v) is 2.37. The summed E-state index contributed by atoms with van der Waals surface area (Å²) in [7, 11) is 0. The molecular weight excluding hydrogens is 314 g/mol. The van der Waals surface area contributed by atoms with Crippen molar-refractivity contribution >= 4 is 23.5 Å². The lowest BCUT2D eigenvalue weighted by Crippen LogP contribution is -2.23. The van der Waals surface area contributed by atoms with Gasteiger partial charge in [-0.15, -0.1) is 0 Å². The van der Waals surface area contributed by atoms with Gasteiger partial charge in [0.2, 0.25) is 6.10 Å². The predicted molar refractivity (Wildman–Crippen MR) is 82.5 cm³/mol. The molecule has 1 aliphatic rings. The van der Waals surface area contributed by atoms with Crippen LogP contribution in [0.2, 0.25) is 0 Å². The van der Waals surface area contributed by atoms with Crippen LogP contribution in [0.4, 0.5) is 5.69 Å². The lowest BCUT2D eigenvalue weighted by atomic mass is 10.1. The van der Waals surface area contributed by atoms with Crippen LogP contribution >= 0.6 is 0 Å². The highest BCUT2D eigenvalue weighted by atomic mass is 16.6. The monoisotopic (exact) mass is 329 g/mol. The van der Waals surface area contributed by atoms with Crippen LogP contribution in [-0.4, -0.2) is 30.1 Å². The van der Waals surface area contributed by atoms with Crippen molar-refractivity contribution in [1.29, 1.82) is 0 Å². The molecule has 1 aliphatic heterocycles. The number of rotatable bonds is 4. The molecule has 7 heteroatoms. The summed E-state index contributed by atoms with van der Waals surface area (Å²) in [5.41, 5.74) is 0.410. The number of furan rings is 1. The Labute approximate surface area is 137 Å². The summed E-state index contributed by atoms with van der Waals surface area (Å²) in [5.74, 6) is -1.64. The maximum atomic E-state index is 12.3. The molecule has 2 aromatic rings. The van der Waals surface area contributed by atoms with Crippen molar-refractivity contribution in [3.05, 3.63) is 54.0 Å². The number of hydrogen-bond acceptors (Lipinski definition) is 6. The van der Waals surface area contributed by atoms with Gasteiger partial charge in [0.15, 0.2) is 5.76 Å². The van der Waals surface area contributed by atoms with Gasteiger partial charge in [0.1, 0.15) is 6.10 Å². The first kappa shape index (κ1) is 15.8. The van der Waals surface area contributed by atoms with Crippen molar-refractivity contribution in [3.8, 4) is 0 Å². The number of carbonyl (C=O) groups excluding carboxylic acids is 3. The third-order valence-corrected chi connectivity index (χ3v) is 3.52. The van der Waals surface area contributed by atoms with Crippen LogP contribution in [0, 0.1) is 0 Å².